The lowest BCUT2D eigenvalue weighted by Crippen LogP contribution is -1.96. The van der Waals surface area contributed by atoms with Gasteiger partial charge in [-0.1, -0.05) is 60.7 Å². The Kier molecular flexibility index (Phi) is 3.28. The Labute approximate surface area is 154 Å². The maximum absolute atomic E-state index is 11.9. The summed E-state index contributed by atoms with van der Waals surface area (Å²) in [6.07, 6.45) is 0. The molecule has 0 aliphatic rings. The fraction of sp³-hybridized carbons (Fsp3) is 0.0435. The van der Waals surface area contributed by atoms with Crippen molar-refractivity contribution in [2.75, 3.05) is 7.11 Å². The minimum atomic E-state index is -0.347. The number of nitro groups is 1. The van der Waals surface area contributed by atoms with E-state index in [-0.39, 0.29) is 16.4 Å². The highest BCUT2D eigenvalue weighted by Gasteiger charge is 2.23. The molecule has 0 unspecified atom stereocenters. The van der Waals surface area contributed by atoms with Crippen molar-refractivity contribution in [1.29, 1.82) is 0 Å². The maximum Gasteiger partial charge on any atom is 0.319 e. The molecule has 5 rings (SSSR count). The smallest absolute Gasteiger partial charge is 0.319 e. The second-order valence-electron chi connectivity index (χ2n) is 6.55. The molecule has 0 spiro atoms. The van der Waals surface area contributed by atoms with E-state index >= 15 is 0 Å². The Morgan fingerprint density at radius 2 is 1.26 bits per heavy atom. The summed E-state index contributed by atoms with van der Waals surface area (Å²) in [5, 5.41) is 19.7. The largest absolute Gasteiger partial charge is 0.490 e. The van der Waals surface area contributed by atoms with Gasteiger partial charge in [0.2, 0.25) is 0 Å². The van der Waals surface area contributed by atoms with Gasteiger partial charge in [-0.05, 0) is 49.8 Å². The summed E-state index contributed by atoms with van der Waals surface area (Å²) in [4.78, 5) is 11.6. The highest BCUT2D eigenvalue weighted by molar-refractivity contribution is 6.33. The zero-order valence-corrected chi connectivity index (χ0v) is 14.6. The molecule has 0 fully saturated rings. The molecule has 0 amide bonds. The van der Waals surface area contributed by atoms with Crippen LogP contribution in [0, 0.1) is 10.1 Å². The number of nitrogens with zero attached hydrogens (tertiary/aromatic N) is 1. The highest BCUT2D eigenvalue weighted by Crippen LogP contribution is 2.45. The number of benzene rings is 5. The highest BCUT2D eigenvalue weighted by atomic mass is 16.6. The maximum atomic E-state index is 11.9. The van der Waals surface area contributed by atoms with Gasteiger partial charge in [0.25, 0.3) is 0 Å². The van der Waals surface area contributed by atoms with E-state index in [9.17, 15) is 10.1 Å². The standard InChI is InChI=1S/C23H15NO3/c1-27-20-13-12-19-18-11-10-14-6-2-3-7-15(14)21(18)16-8-4-5-9-17(16)22(19)23(20)24(25)26/h2-13H,1H3. The van der Waals surface area contributed by atoms with E-state index in [1.165, 1.54) is 7.11 Å². The van der Waals surface area contributed by atoms with E-state index in [1.54, 1.807) is 6.07 Å². The molecule has 4 heteroatoms. The first-order chi connectivity index (χ1) is 13.2. The summed E-state index contributed by atoms with van der Waals surface area (Å²) in [6.45, 7) is 0. The molecule has 0 radical (unpaired) electrons. The molecular formula is C23H15NO3. The number of hydrogen-bond donors (Lipinski definition) is 0. The number of nitro benzene ring substituents is 1. The lowest BCUT2D eigenvalue weighted by Gasteiger charge is -2.14. The van der Waals surface area contributed by atoms with Gasteiger partial charge in [-0.2, -0.15) is 0 Å². The van der Waals surface area contributed by atoms with Gasteiger partial charge < -0.3 is 4.74 Å². The van der Waals surface area contributed by atoms with Crippen molar-refractivity contribution in [2.45, 2.75) is 0 Å². The van der Waals surface area contributed by atoms with Crippen molar-refractivity contribution in [2.24, 2.45) is 0 Å². The van der Waals surface area contributed by atoms with Gasteiger partial charge in [0.1, 0.15) is 0 Å². The van der Waals surface area contributed by atoms with E-state index in [1.807, 2.05) is 42.5 Å². The molecule has 27 heavy (non-hydrogen) atoms. The molecular weight excluding hydrogens is 338 g/mol. The molecule has 0 bridgehead atoms. The Morgan fingerprint density at radius 1 is 0.704 bits per heavy atom. The van der Waals surface area contributed by atoms with Crippen LogP contribution in [-0.4, -0.2) is 12.0 Å². The molecule has 5 aromatic rings. The number of ether oxygens (including phenoxy) is 1. The first-order valence-electron chi connectivity index (χ1n) is 8.68. The molecule has 0 saturated heterocycles. The SMILES string of the molecule is COc1ccc2c3ccc4ccccc4c3c3ccccc3c2c1[N+](=O)[O-]. The molecule has 5 aromatic carbocycles. The summed E-state index contributed by atoms with van der Waals surface area (Å²) >= 11 is 0. The molecule has 0 N–H and O–H groups in total. The lowest BCUT2D eigenvalue weighted by molar-refractivity contribution is -0.383. The Balaban J connectivity index is 2.18. The summed E-state index contributed by atoms with van der Waals surface area (Å²) in [7, 11) is 1.46. The second kappa shape index (κ2) is 5.68. The Bertz CT molecular complexity index is 1370. The average Bonchev–Trinajstić information content (AvgIpc) is 2.72. The van der Waals surface area contributed by atoms with Crippen molar-refractivity contribution >= 4 is 48.8 Å². The van der Waals surface area contributed by atoms with E-state index in [0.717, 1.165) is 37.7 Å². The number of fused-ring (bicyclic) bond motifs is 8. The molecule has 0 aliphatic heterocycles. The van der Waals surface area contributed by atoms with Crippen LogP contribution in [0.1, 0.15) is 0 Å². The van der Waals surface area contributed by atoms with Gasteiger partial charge in [-0.25, -0.2) is 0 Å². The number of rotatable bonds is 2. The minimum Gasteiger partial charge on any atom is -0.490 e. The quantitative estimate of drug-likeness (QED) is 0.215. The normalized spacial score (nSPS) is 11.4. The van der Waals surface area contributed by atoms with Gasteiger partial charge in [0.15, 0.2) is 5.75 Å². The van der Waals surface area contributed by atoms with E-state index in [0.29, 0.717) is 5.39 Å². The molecule has 0 saturated carbocycles. The van der Waals surface area contributed by atoms with E-state index in [2.05, 4.69) is 24.3 Å². The average molecular weight is 353 g/mol. The van der Waals surface area contributed by atoms with Crippen LogP contribution in [0.4, 0.5) is 5.69 Å². The van der Waals surface area contributed by atoms with Crippen molar-refractivity contribution in [3.63, 3.8) is 0 Å². The summed E-state index contributed by atoms with van der Waals surface area (Å²) in [5.41, 5.74) is 0.0151. The van der Waals surface area contributed by atoms with Crippen LogP contribution in [0.2, 0.25) is 0 Å². The summed E-state index contributed by atoms with van der Waals surface area (Å²) in [6, 6.07) is 23.9. The third-order valence-electron chi connectivity index (χ3n) is 5.23. The van der Waals surface area contributed by atoms with Crippen molar-refractivity contribution in [3.8, 4) is 5.75 Å². The van der Waals surface area contributed by atoms with E-state index < -0.39 is 0 Å². The van der Waals surface area contributed by atoms with Gasteiger partial charge in [0.05, 0.1) is 17.4 Å². The zero-order valence-electron chi connectivity index (χ0n) is 14.6. The van der Waals surface area contributed by atoms with Crippen LogP contribution in [0.5, 0.6) is 5.75 Å². The van der Waals surface area contributed by atoms with Gasteiger partial charge in [0, 0.05) is 0 Å². The predicted molar refractivity (Wildman–Crippen MR) is 110 cm³/mol. The van der Waals surface area contributed by atoms with Crippen LogP contribution in [0.15, 0.2) is 72.8 Å². The summed E-state index contributed by atoms with van der Waals surface area (Å²) in [5.74, 6) is 0.276. The Hall–Kier alpha value is -3.66. The molecule has 0 atom stereocenters. The molecule has 4 nitrogen and oxygen atoms in total. The Morgan fingerprint density at radius 3 is 1.96 bits per heavy atom. The molecule has 0 aromatic heterocycles. The lowest BCUT2D eigenvalue weighted by atomic mass is 9.90. The van der Waals surface area contributed by atoms with Crippen LogP contribution >= 0.6 is 0 Å². The molecule has 0 aliphatic carbocycles. The van der Waals surface area contributed by atoms with Crippen molar-refractivity contribution in [3.05, 3.63) is 82.9 Å². The molecule has 130 valence electrons. The van der Waals surface area contributed by atoms with Gasteiger partial charge in [-0.3, -0.25) is 10.1 Å². The third-order valence-corrected chi connectivity index (χ3v) is 5.23. The monoisotopic (exact) mass is 353 g/mol. The van der Waals surface area contributed by atoms with Crippen molar-refractivity contribution in [1.82, 2.24) is 0 Å². The zero-order chi connectivity index (χ0) is 18.5. The van der Waals surface area contributed by atoms with Crippen LogP contribution in [0.25, 0.3) is 43.1 Å². The van der Waals surface area contributed by atoms with E-state index in [4.69, 9.17) is 4.74 Å². The van der Waals surface area contributed by atoms with Crippen LogP contribution < -0.4 is 4.74 Å². The number of methoxy groups -OCH3 is 1. The first kappa shape index (κ1) is 15.6. The van der Waals surface area contributed by atoms with Crippen LogP contribution in [0.3, 0.4) is 0 Å². The number of hydrogen-bond acceptors (Lipinski definition) is 3. The minimum absolute atomic E-state index is 0.0151. The topological polar surface area (TPSA) is 52.4 Å². The van der Waals surface area contributed by atoms with Gasteiger partial charge >= 0.3 is 5.69 Å². The third kappa shape index (κ3) is 2.10. The van der Waals surface area contributed by atoms with Gasteiger partial charge in [-0.15, -0.1) is 0 Å². The first-order valence-corrected chi connectivity index (χ1v) is 8.68. The summed E-state index contributed by atoms with van der Waals surface area (Å²) < 4.78 is 5.30. The fourth-order valence-corrected chi connectivity index (χ4v) is 4.12. The van der Waals surface area contributed by atoms with Crippen LogP contribution in [-0.2, 0) is 0 Å². The fourth-order valence-electron chi connectivity index (χ4n) is 4.12. The van der Waals surface area contributed by atoms with Crippen molar-refractivity contribution < 1.29 is 9.66 Å². The predicted octanol–water partition coefficient (Wildman–Crippen LogP) is 6.22. The molecule has 0 heterocycles. The second-order valence-corrected chi connectivity index (χ2v) is 6.55.